The Labute approximate surface area is 222 Å². The van der Waals surface area contributed by atoms with Gasteiger partial charge in [-0.15, -0.1) is 0 Å². The molecule has 0 bridgehead atoms. The first kappa shape index (κ1) is 23.5. The van der Waals surface area contributed by atoms with Gasteiger partial charge in [-0.25, -0.2) is 4.90 Å². The van der Waals surface area contributed by atoms with Gasteiger partial charge in [-0.1, -0.05) is 40.2 Å². The van der Waals surface area contributed by atoms with E-state index in [1.807, 2.05) is 41.4 Å². The Bertz CT molecular complexity index is 1470. The van der Waals surface area contributed by atoms with E-state index in [-0.39, 0.29) is 17.6 Å². The molecule has 6 rings (SSSR count). The monoisotopic (exact) mass is 558 g/mol. The standard InChI is InChI=1S/C29H23BrN2O5/c1-36-21-12-7-17(15-22(21)37-2)27(33)26-24-23(25-20-6-4-3-5-16(20)13-14-31(25)26)28(34)32(29(24)35)19-10-8-18(30)9-11-19/h3-15,23-26H,1-2H3/t23-,24-,25+,26+/m0/s1. The molecule has 0 saturated carbocycles. The number of rotatable bonds is 5. The number of ketones is 1. The summed E-state index contributed by atoms with van der Waals surface area (Å²) in [4.78, 5) is 45.1. The highest BCUT2D eigenvalue weighted by Gasteiger charge is 2.64. The van der Waals surface area contributed by atoms with Crippen LogP contribution in [0.2, 0.25) is 0 Å². The Balaban J connectivity index is 1.48. The third-order valence-electron chi connectivity index (χ3n) is 7.48. The van der Waals surface area contributed by atoms with Crippen molar-refractivity contribution in [2.45, 2.75) is 12.1 Å². The number of hydrogen-bond acceptors (Lipinski definition) is 6. The number of carbonyl (C=O) groups is 3. The van der Waals surface area contributed by atoms with Gasteiger partial charge in [0.1, 0.15) is 6.04 Å². The van der Waals surface area contributed by atoms with Crippen LogP contribution in [0.4, 0.5) is 5.69 Å². The third kappa shape index (κ3) is 3.50. The molecule has 2 saturated heterocycles. The van der Waals surface area contributed by atoms with E-state index < -0.39 is 23.9 Å². The molecule has 4 atom stereocenters. The summed E-state index contributed by atoms with van der Waals surface area (Å²) in [5, 5.41) is 0. The summed E-state index contributed by atoms with van der Waals surface area (Å²) in [7, 11) is 3.04. The number of fused-ring (bicyclic) bond motifs is 5. The number of imide groups is 1. The summed E-state index contributed by atoms with van der Waals surface area (Å²) in [5.41, 5.74) is 2.79. The van der Waals surface area contributed by atoms with Crippen LogP contribution in [0.25, 0.3) is 6.08 Å². The molecule has 8 heteroatoms. The van der Waals surface area contributed by atoms with Crippen molar-refractivity contribution in [1.82, 2.24) is 4.90 Å². The molecule has 3 aromatic rings. The topological polar surface area (TPSA) is 76.2 Å². The number of methoxy groups -OCH3 is 2. The molecule has 3 aromatic carbocycles. The summed E-state index contributed by atoms with van der Waals surface area (Å²) in [6.07, 6.45) is 3.78. The number of carbonyl (C=O) groups excluding carboxylic acids is 3. The van der Waals surface area contributed by atoms with E-state index in [0.29, 0.717) is 22.7 Å². The summed E-state index contributed by atoms with van der Waals surface area (Å²) >= 11 is 3.41. The largest absolute Gasteiger partial charge is 0.493 e. The lowest BCUT2D eigenvalue weighted by atomic mass is 9.83. The van der Waals surface area contributed by atoms with Crippen LogP contribution in [0.15, 0.2) is 77.4 Å². The van der Waals surface area contributed by atoms with Gasteiger partial charge in [-0.05, 0) is 59.7 Å². The van der Waals surface area contributed by atoms with E-state index in [9.17, 15) is 14.4 Å². The third-order valence-corrected chi connectivity index (χ3v) is 8.01. The van der Waals surface area contributed by atoms with Crippen LogP contribution in [0, 0.1) is 11.8 Å². The molecule has 0 N–H and O–H groups in total. The van der Waals surface area contributed by atoms with Gasteiger partial charge in [0.15, 0.2) is 17.3 Å². The number of amides is 2. The Morgan fingerprint density at radius 3 is 2.30 bits per heavy atom. The lowest BCUT2D eigenvalue weighted by molar-refractivity contribution is -0.123. The lowest BCUT2D eigenvalue weighted by Crippen LogP contribution is -2.44. The van der Waals surface area contributed by atoms with Gasteiger partial charge in [0.25, 0.3) is 0 Å². The fourth-order valence-corrected chi connectivity index (χ4v) is 6.13. The molecule has 0 spiro atoms. The van der Waals surface area contributed by atoms with E-state index in [2.05, 4.69) is 15.9 Å². The fourth-order valence-electron chi connectivity index (χ4n) is 5.86. The number of Topliss-reactive ketones (excluding diaryl/α,β-unsaturated/α-hetero) is 1. The lowest BCUT2D eigenvalue weighted by Gasteiger charge is -2.35. The van der Waals surface area contributed by atoms with Crippen LogP contribution in [-0.4, -0.2) is 42.8 Å². The van der Waals surface area contributed by atoms with Crippen molar-refractivity contribution >= 4 is 45.3 Å². The van der Waals surface area contributed by atoms with Crippen molar-refractivity contribution in [3.05, 3.63) is 94.1 Å². The fraction of sp³-hybridized carbons (Fsp3) is 0.207. The molecule has 7 nitrogen and oxygen atoms in total. The van der Waals surface area contributed by atoms with Crippen molar-refractivity contribution < 1.29 is 23.9 Å². The first-order chi connectivity index (χ1) is 17.9. The van der Waals surface area contributed by atoms with Crippen molar-refractivity contribution in [3.63, 3.8) is 0 Å². The van der Waals surface area contributed by atoms with E-state index in [1.165, 1.54) is 19.1 Å². The van der Waals surface area contributed by atoms with Gasteiger partial charge >= 0.3 is 0 Å². The Kier molecular flexibility index (Phi) is 5.64. The molecule has 0 unspecified atom stereocenters. The minimum atomic E-state index is -0.852. The summed E-state index contributed by atoms with van der Waals surface area (Å²) in [6.45, 7) is 0. The quantitative estimate of drug-likeness (QED) is 0.328. The number of hydrogen-bond donors (Lipinski definition) is 0. The molecule has 0 aliphatic carbocycles. The van der Waals surface area contributed by atoms with Gasteiger partial charge in [0.05, 0.1) is 37.8 Å². The first-order valence-electron chi connectivity index (χ1n) is 11.9. The van der Waals surface area contributed by atoms with Crippen molar-refractivity contribution in [2.24, 2.45) is 11.8 Å². The van der Waals surface area contributed by atoms with E-state index in [1.54, 1.807) is 42.5 Å². The van der Waals surface area contributed by atoms with Crippen molar-refractivity contribution in [2.75, 3.05) is 19.1 Å². The van der Waals surface area contributed by atoms with Crippen molar-refractivity contribution in [1.29, 1.82) is 0 Å². The zero-order chi connectivity index (χ0) is 25.8. The van der Waals surface area contributed by atoms with Crippen LogP contribution < -0.4 is 14.4 Å². The molecular weight excluding hydrogens is 536 g/mol. The van der Waals surface area contributed by atoms with Crippen LogP contribution in [0.1, 0.15) is 27.5 Å². The number of nitrogens with zero attached hydrogens (tertiary/aromatic N) is 2. The number of halogens is 1. The van der Waals surface area contributed by atoms with Crippen molar-refractivity contribution in [3.8, 4) is 11.5 Å². The minimum Gasteiger partial charge on any atom is -0.493 e. The Hall–Kier alpha value is -3.91. The molecular formula is C29H23BrN2O5. The second-order valence-electron chi connectivity index (χ2n) is 9.26. The normalized spacial score (nSPS) is 23.5. The van der Waals surface area contributed by atoms with Gasteiger partial charge in [-0.2, -0.15) is 0 Å². The van der Waals surface area contributed by atoms with E-state index >= 15 is 0 Å². The minimum absolute atomic E-state index is 0.249. The second-order valence-corrected chi connectivity index (χ2v) is 10.2. The molecule has 3 aliphatic heterocycles. The van der Waals surface area contributed by atoms with Crippen LogP contribution in [0.3, 0.4) is 0 Å². The predicted molar refractivity (Wildman–Crippen MR) is 141 cm³/mol. The smallest absolute Gasteiger partial charge is 0.240 e. The molecule has 0 radical (unpaired) electrons. The van der Waals surface area contributed by atoms with Gasteiger partial charge in [0.2, 0.25) is 11.8 Å². The molecule has 37 heavy (non-hydrogen) atoms. The molecule has 0 aromatic heterocycles. The SMILES string of the molecule is COc1ccc(C(=O)[C@H]2[C@H]3C(=O)N(c4ccc(Br)cc4)C(=O)[C@@H]3[C@H]3c4ccccc4C=CN32)cc1OC. The van der Waals surface area contributed by atoms with Gasteiger partial charge < -0.3 is 14.4 Å². The predicted octanol–water partition coefficient (Wildman–Crippen LogP) is 4.86. The highest BCUT2D eigenvalue weighted by Crippen LogP contribution is 2.53. The average molecular weight is 559 g/mol. The molecule has 3 heterocycles. The highest BCUT2D eigenvalue weighted by atomic mass is 79.9. The number of benzene rings is 3. The zero-order valence-corrected chi connectivity index (χ0v) is 21.7. The summed E-state index contributed by atoms with van der Waals surface area (Å²) in [6, 6.07) is 18.5. The highest BCUT2D eigenvalue weighted by molar-refractivity contribution is 9.10. The number of anilines is 1. The van der Waals surface area contributed by atoms with E-state index in [0.717, 1.165) is 15.6 Å². The second kappa shape index (κ2) is 8.88. The van der Waals surface area contributed by atoms with Crippen LogP contribution in [-0.2, 0) is 9.59 Å². The maximum Gasteiger partial charge on any atom is 0.240 e. The maximum absolute atomic E-state index is 14.1. The first-order valence-corrected chi connectivity index (χ1v) is 12.7. The maximum atomic E-state index is 14.1. The molecule has 3 aliphatic rings. The van der Waals surface area contributed by atoms with Crippen LogP contribution in [0.5, 0.6) is 11.5 Å². The average Bonchev–Trinajstić information content (AvgIpc) is 3.40. The molecule has 186 valence electrons. The summed E-state index contributed by atoms with van der Waals surface area (Å²) in [5.74, 6) is -1.52. The zero-order valence-electron chi connectivity index (χ0n) is 20.1. The Morgan fingerprint density at radius 2 is 1.57 bits per heavy atom. The van der Waals surface area contributed by atoms with Crippen LogP contribution >= 0.6 is 15.9 Å². The molecule has 2 amide bonds. The molecule has 2 fully saturated rings. The van der Waals surface area contributed by atoms with E-state index in [4.69, 9.17) is 9.47 Å². The van der Waals surface area contributed by atoms with Gasteiger partial charge in [-0.3, -0.25) is 14.4 Å². The Morgan fingerprint density at radius 1 is 0.865 bits per heavy atom. The van der Waals surface area contributed by atoms with Gasteiger partial charge in [0, 0.05) is 16.2 Å². The number of ether oxygens (including phenoxy) is 2. The summed E-state index contributed by atoms with van der Waals surface area (Å²) < 4.78 is 11.6.